The molecule has 6 aromatic carbocycles. The molecule has 0 aliphatic heterocycles. The summed E-state index contributed by atoms with van der Waals surface area (Å²) in [6, 6.07) is 57.3. The summed E-state index contributed by atoms with van der Waals surface area (Å²) in [4.78, 5) is 10.3. The normalized spacial score (nSPS) is 12.0. The number of aromatic nitrogens is 4. The zero-order valence-corrected chi connectivity index (χ0v) is 34.8. The summed E-state index contributed by atoms with van der Waals surface area (Å²) in [7, 11) is 0. The maximum atomic E-state index is 5.25. The first-order valence-electron chi connectivity index (χ1n) is 21.3. The lowest BCUT2D eigenvalue weighted by molar-refractivity contribution is 0.977. The average Bonchev–Trinajstić information content (AvgIpc) is 3.89. The van der Waals surface area contributed by atoms with E-state index in [9.17, 15) is 0 Å². The highest BCUT2D eigenvalue weighted by atomic mass is 15.1. The van der Waals surface area contributed by atoms with Crippen LogP contribution in [0.5, 0.6) is 0 Å². The minimum atomic E-state index is 0.656. The summed E-state index contributed by atoms with van der Waals surface area (Å²) >= 11 is 0. The molecular weight excluding hydrogens is 753 g/mol. The van der Waals surface area contributed by atoms with Crippen LogP contribution in [0.3, 0.4) is 0 Å². The molecule has 0 spiro atoms. The van der Waals surface area contributed by atoms with E-state index in [0.717, 1.165) is 70.1 Å². The van der Waals surface area contributed by atoms with Gasteiger partial charge in [-0.05, 0) is 89.6 Å². The van der Waals surface area contributed by atoms with Crippen molar-refractivity contribution in [3.63, 3.8) is 0 Å². The number of rotatable bonds is 15. The molecule has 9 rings (SSSR count). The van der Waals surface area contributed by atoms with Gasteiger partial charge in [-0.3, -0.25) is 4.57 Å². The summed E-state index contributed by atoms with van der Waals surface area (Å²) in [5.74, 6) is 0.656. The monoisotopic (exact) mass is 800 g/mol. The van der Waals surface area contributed by atoms with Crippen molar-refractivity contribution in [3.8, 4) is 34.0 Å². The van der Waals surface area contributed by atoms with Gasteiger partial charge < -0.3 is 4.57 Å². The Balaban J connectivity index is 0.828. The molecule has 3 heterocycles. The zero-order valence-electron chi connectivity index (χ0n) is 34.8. The Kier molecular flexibility index (Phi) is 11.9. The molecular formula is C58H48N4. The third kappa shape index (κ3) is 8.72. The first-order valence-corrected chi connectivity index (χ1v) is 21.3. The Morgan fingerprint density at radius 2 is 1.10 bits per heavy atom. The van der Waals surface area contributed by atoms with E-state index in [-0.39, 0.29) is 0 Å². The van der Waals surface area contributed by atoms with E-state index in [4.69, 9.17) is 9.97 Å². The molecule has 9 aromatic rings. The minimum Gasteiger partial charge on any atom is -0.313 e. The fourth-order valence-electron chi connectivity index (χ4n) is 8.10. The Bertz CT molecular complexity index is 3150. The predicted molar refractivity (Wildman–Crippen MR) is 262 cm³/mol. The Morgan fingerprint density at radius 1 is 0.500 bits per heavy atom. The number of benzene rings is 6. The number of hydrogen-bond acceptors (Lipinski definition) is 2. The molecule has 3 aromatic heterocycles. The molecule has 4 heteroatoms. The molecule has 62 heavy (non-hydrogen) atoms. The topological polar surface area (TPSA) is 35.6 Å². The van der Waals surface area contributed by atoms with Crippen LogP contribution in [0.15, 0.2) is 243 Å². The molecule has 0 saturated carbocycles. The molecule has 0 radical (unpaired) electrons. The second-order valence-corrected chi connectivity index (χ2v) is 15.5. The average molecular weight is 801 g/mol. The van der Waals surface area contributed by atoms with E-state index in [1.165, 1.54) is 38.8 Å². The highest BCUT2D eigenvalue weighted by Crippen LogP contribution is 2.32. The largest absolute Gasteiger partial charge is 0.313 e. The van der Waals surface area contributed by atoms with Gasteiger partial charge in [-0.2, -0.15) is 0 Å². The molecule has 0 unspecified atom stereocenters. The van der Waals surface area contributed by atoms with E-state index in [1.54, 1.807) is 0 Å². The van der Waals surface area contributed by atoms with Crippen molar-refractivity contribution in [2.24, 2.45) is 0 Å². The lowest BCUT2D eigenvalue weighted by Crippen LogP contribution is -2.02. The van der Waals surface area contributed by atoms with Gasteiger partial charge in [0.25, 0.3) is 0 Å². The van der Waals surface area contributed by atoms with Crippen LogP contribution in [-0.4, -0.2) is 19.1 Å². The SMILES string of the molecule is C=C(C/C=C\C=C/Cc1cn(-c2nc(-c3cccc(-c4ccccc4)c3)c3ccccc3n2)c2ccccc12)C(=C)C/C=C\C=C/Cc1cc2ccccc2n1-c1ccccc1. The standard InChI is InChI=1S/C58H48N4/c1-43(44(2)25-10-4-6-14-34-51-41-47-28-17-21-38-55(47)62(51)50-32-15-8-16-33-50)24-9-3-5-11-29-49-42-61(56-39-22-19-35-52(49)56)58-59-54-37-20-18-36-53(54)57(60-58)48-31-23-30-46(40-48)45-26-12-7-13-27-45/h3-23,26-28,30-33,35-42H,1-2,24-25,29,34H2/b9-3-,10-4-,11-5-,14-6-. The summed E-state index contributed by atoms with van der Waals surface area (Å²) in [5, 5.41) is 3.47. The fourth-order valence-corrected chi connectivity index (χ4v) is 8.10. The Morgan fingerprint density at radius 3 is 1.87 bits per heavy atom. The highest BCUT2D eigenvalue weighted by molar-refractivity contribution is 5.94. The first-order chi connectivity index (χ1) is 30.6. The molecule has 0 amide bonds. The number of nitrogens with zero attached hydrogens (tertiary/aromatic N) is 4. The summed E-state index contributed by atoms with van der Waals surface area (Å²) in [6.45, 7) is 8.63. The maximum Gasteiger partial charge on any atom is 0.235 e. The van der Waals surface area contributed by atoms with Gasteiger partial charge in [-0.15, -0.1) is 0 Å². The van der Waals surface area contributed by atoms with Crippen molar-refractivity contribution >= 4 is 32.7 Å². The van der Waals surface area contributed by atoms with Crippen molar-refractivity contribution in [3.05, 3.63) is 254 Å². The minimum absolute atomic E-state index is 0.656. The van der Waals surface area contributed by atoms with Gasteiger partial charge >= 0.3 is 0 Å². The quantitative estimate of drug-likeness (QED) is 0.0968. The Hall–Kier alpha value is -7.82. The van der Waals surface area contributed by atoms with Crippen molar-refractivity contribution < 1.29 is 0 Å². The predicted octanol–water partition coefficient (Wildman–Crippen LogP) is 14.8. The van der Waals surface area contributed by atoms with Gasteiger partial charge in [0.2, 0.25) is 5.95 Å². The van der Waals surface area contributed by atoms with E-state index < -0.39 is 0 Å². The summed E-state index contributed by atoms with van der Waals surface area (Å²) < 4.78 is 4.48. The molecule has 0 atom stereocenters. The number of para-hydroxylation sites is 4. The second kappa shape index (κ2) is 18.6. The maximum absolute atomic E-state index is 5.25. The highest BCUT2D eigenvalue weighted by Gasteiger charge is 2.16. The van der Waals surface area contributed by atoms with E-state index in [0.29, 0.717) is 5.95 Å². The van der Waals surface area contributed by atoms with Crippen LogP contribution in [0.2, 0.25) is 0 Å². The Labute approximate surface area is 364 Å². The van der Waals surface area contributed by atoms with Crippen molar-refractivity contribution in [1.29, 1.82) is 0 Å². The molecule has 0 bridgehead atoms. The molecule has 0 saturated heterocycles. The third-order valence-corrected chi connectivity index (χ3v) is 11.3. The van der Waals surface area contributed by atoms with E-state index >= 15 is 0 Å². The van der Waals surface area contributed by atoms with Gasteiger partial charge in [0.15, 0.2) is 0 Å². The van der Waals surface area contributed by atoms with E-state index in [1.807, 2.05) is 12.1 Å². The number of allylic oxidation sites excluding steroid dienone is 10. The molecule has 4 nitrogen and oxygen atoms in total. The van der Waals surface area contributed by atoms with Gasteiger partial charge in [0.05, 0.1) is 22.2 Å². The van der Waals surface area contributed by atoms with Crippen LogP contribution in [0.25, 0.3) is 66.7 Å². The number of fused-ring (bicyclic) bond motifs is 3. The fraction of sp³-hybridized carbons (Fsp3) is 0.0690. The van der Waals surface area contributed by atoms with Crippen molar-refractivity contribution in [1.82, 2.24) is 19.1 Å². The van der Waals surface area contributed by atoms with Crippen LogP contribution < -0.4 is 0 Å². The number of hydrogen-bond donors (Lipinski definition) is 0. The van der Waals surface area contributed by atoms with Gasteiger partial charge in [-0.1, -0.05) is 183 Å². The van der Waals surface area contributed by atoms with Crippen LogP contribution >= 0.6 is 0 Å². The molecule has 0 N–H and O–H groups in total. The smallest absolute Gasteiger partial charge is 0.235 e. The van der Waals surface area contributed by atoms with E-state index in [2.05, 4.69) is 229 Å². The molecule has 300 valence electrons. The van der Waals surface area contributed by atoms with Gasteiger partial charge in [0.1, 0.15) is 0 Å². The van der Waals surface area contributed by atoms with Crippen LogP contribution in [0.1, 0.15) is 24.1 Å². The first kappa shape index (κ1) is 39.6. The van der Waals surface area contributed by atoms with Gasteiger partial charge in [0, 0.05) is 45.7 Å². The summed E-state index contributed by atoms with van der Waals surface area (Å²) in [5.41, 5.74) is 13.3. The lowest BCUT2D eigenvalue weighted by atomic mass is 10.00. The van der Waals surface area contributed by atoms with Crippen LogP contribution in [-0.2, 0) is 12.8 Å². The molecule has 0 aliphatic rings. The van der Waals surface area contributed by atoms with Crippen LogP contribution in [0.4, 0.5) is 0 Å². The van der Waals surface area contributed by atoms with Crippen molar-refractivity contribution in [2.75, 3.05) is 0 Å². The summed E-state index contributed by atoms with van der Waals surface area (Å²) in [6.07, 6.45) is 22.5. The van der Waals surface area contributed by atoms with Gasteiger partial charge in [-0.25, -0.2) is 9.97 Å². The lowest BCUT2D eigenvalue weighted by Gasteiger charge is -2.11. The molecule has 0 aliphatic carbocycles. The molecule has 0 fully saturated rings. The van der Waals surface area contributed by atoms with Crippen LogP contribution in [0, 0.1) is 0 Å². The third-order valence-electron chi connectivity index (χ3n) is 11.3. The van der Waals surface area contributed by atoms with Crippen molar-refractivity contribution in [2.45, 2.75) is 25.7 Å². The zero-order chi connectivity index (χ0) is 42.1. The second-order valence-electron chi connectivity index (χ2n) is 15.5.